The average molecular weight is 150 g/mol. The largest absolute Gasteiger partial charge is 1.00 e. The van der Waals surface area contributed by atoms with E-state index in [4.69, 9.17) is 0 Å². The maximum Gasteiger partial charge on any atom is 1.00 e. The van der Waals surface area contributed by atoms with Gasteiger partial charge in [-0.1, -0.05) is 19.1 Å². The van der Waals surface area contributed by atoms with Gasteiger partial charge in [-0.05, 0) is 20.3 Å². The summed E-state index contributed by atoms with van der Waals surface area (Å²) in [6, 6.07) is 0. The van der Waals surface area contributed by atoms with Crippen molar-refractivity contribution in [3.05, 3.63) is 12.2 Å². The summed E-state index contributed by atoms with van der Waals surface area (Å²) in [5.74, 6) is 0.467. The van der Waals surface area contributed by atoms with E-state index in [0.29, 0.717) is 0 Å². The summed E-state index contributed by atoms with van der Waals surface area (Å²) in [5.41, 5.74) is 0. The Bertz CT molecular complexity index is 123. The van der Waals surface area contributed by atoms with Crippen molar-refractivity contribution in [2.75, 3.05) is 0 Å². The second-order valence-corrected chi connectivity index (χ2v) is 2.32. The van der Waals surface area contributed by atoms with E-state index < -0.39 is 0 Å². The predicted molar refractivity (Wildman–Crippen MR) is 40.4 cm³/mol. The van der Waals surface area contributed by atoms with Crippen molar-refractivity contribution in [2.45, 2.75) is 27.2 Å². The Balaban J connectivity index is -0.000000320. The molecule has 0 N–H and O–H groups in total. The van der Waals surface area contributed by atoms with Gasteiger partial charge in [0.2, 0.25) is 0 Å². The smallest absolute Gasteiger partial charge is 1.00 e. The van der Waals surface area contributed by atoms with Gasteiger partial charge < -0.3 is 1.43 Å². The number of Topliss-reactive ketones (excluding diaryl/α,β-unsaturated/α-hetero) is 1. The topological polar surface area (TPSA) is 17.1 Å². The molecule has 0 rings (SSSR count). The monoisotopic (exact) mass is 150 g/mol. The molecule has 0 aliphatic heterocycles. The van der Waals surface area contributed by atoms with Gasteiger partial charge in [0.1, 0.15) is 5.78 Å². The zero-order chi connectivity index (χ0) is 7.28. The van der Waals surface area contributed by atoms with Gasteiger partial charge in [-0.2, -0.15) is 0 Å². The molecular formula is C8H15NaO. The Morgan fingerprint density at radius 2 is 2.20 bits per heavy atom. The zero-order valence-electron chi connectivity index (χ0n) is 8.35. The molecule has 0 aliphatic carbocycles. The molecule has 0 aromatic heterocycles. The van der Waals surface area contributed by atoms with Crippen molar-refractivity contribution in [2.24, 2.45) is 5.92 Å². The molecular weight excluding hydrogens is 135 g/mol. The van der Waals surface area contributed by atoms with Gasteiger partial charge in [0.25, 0.3) is 0 Å². The van der Waals surface area contributed by atoms with Gasteiger partial charge >= 0.3 is 29.6 Å². The molecule has 0 spiro atoms. The molecule has 54 valence electrons. The van der Waals surface area contributed by atoms with Crippen molar-refractivity contribution < 1.29 is 35.8 Å². The van der Waals surface area contributed by atoms with Gasteiger partial charge in [-0.3, -0.25) is 4.79 Å². The van der Waals surface area contributed by atoms with Crippen molar-refractivity contribution in [3.63, 3.8) is 0 Å². The molecule has 0 heterocycles. The summed E-state index contributed by atoms with van der Waals surface area (Å²) in [5, 5.41) is 0. The fourth-order valence-corrected chi connectivity index (χ4v) is 0.506. The Kier molecular flexibility index (Phi) is 9.80. The van der Waals surface area contributed by atoms with E-state index in [2.05, 4.69) is 0 Å². The molecule has 0 aromatic carbocycles. The van der Waals surface area contributed by atoms with E-state index in [1.165, 1.54) is 0 Å². The van der Waals surface area contributed by atoms with E-state index in [1.54, 1.807) is 6.92 Å². The van der Waals surface area contributed by atoms with Crippen LogP contribution in [0.1, 0.15) is 28.6 Å². The van der Waals surface area contributed by atoms with Crippen LogP contribution in [0, 0.1) is 5.92 Å². The number of ketones is 1. The summed E-state index contributed by atoms with van der Waals surface area (Å²) in [4.78, 5) is 10.6. The van der Waals surface area contributed by atoms with Gasteiger partial charge in [0, 0.05) is 5.92 Å². The van der Waals surface area contributed by atoms with Crippen LogP contribution in [0.2, 0.25) is 0 Å². The van der Waals surface area contributed by atoms with Crippen LogP contribution in [-0.2, 0) is 4.79 Å². The molecule has 0 bridgehead atoms. The number of rotatable bonds is 3. The van der Waals surface area contributed by atoms with Crippen LogP contribution < -0.4 is 29.6 Å². The molecule has 1 nitrogen and oxygen atoms in total. The average Bonchev–Trinajstić information content (AvgIpc) is 1.82. The normalized spacial score (nSPS) is 12.7. The molecule has 1 atom stereocenters. The first kappa shape index (κ1) is 13.0. The summed E-state index contributed by atoms with van der Waals surface area (Å²) in [7, 11) is 0. The quantitative estimate of drug-likeness (QED) is 0.384. The molecule has 1 unspecified atom stereocenters. The molecule has 0 aromatic rings. The predicted octanol–water partition coefficient (Wildman–Crippen LogP) is -0.706. The minimum atomic E-state index is 0. The van der Waals surface area contributed by atoms with Crippen molar-refractivity contribution >= 4 is 5.78 Å². The van der Waals surface area contributed by atoms with Gasteiger partial charge in [0.05, 0.1) is 0 Å². The first-order valence-electron chi connectivity index (χ1n) is 3.30. The first-order valence-corrected chi connectivity index (χ1v) is 3.30. The van der Waals surface area contributed by atoms with Crippen LogP contribution >= 0.6 is 0 Å². The summed E-state index contributed by atoms with van der Waals surface area (Å²) in [6.07, 6.45) is 4.87. The van der Waals surface area contributed by atoms with Crippen LogP contribution in [0.5, 0.6) is 0 Å². The molecule has 10 heavy (non-hydrogen) atoms. The standard InChI is InChI=1S/C8H14O.Na.H/c1-4-5-6-7(2)8(3)9;;/h4-5,7H,6H2,1-3H3;;/q;+1;-1. The fourth-order valence-electron chi connectivity index (χ4n) is 0.506. The maximum absolute atomic E-state index is 10.6. The molecule has 0 saturated heterocycles. The Morgan fingerprint density at radius 3 is 2.50 bits per heavy atom. The Labute approximate surface area is 86.7 Å². The molecule has 0 amide bonds. The van der Waals surface area contributed by atoms with Crippen molar-refractivity contribution in [1.29, 1.82) is 0 Å². The van der Waals surface area contributed by atoms with Crippen molar-refractivity contribution in [3.8, 4) is 0 Å². The second-order valence-electron chi connectivity index (χ2n) is 2.32. The summed E-state index contributed by atoms with van der Waals surface area (Å²) < 4.78 is 0. The summed E-state index contributed by atoms with van der Waals surface area (Å²) >= 11 is 0. The Hall–Kier alpha value is 0.410. The number of hydrogen-bond acceptors (Lipinski definition) is 1. The first-order chi connectivity index (χ1) is 4.18. The third kappa shape index (κ3) is 6.53. The van der Waals surface area contributed by atoms with Crippen molar-refractivity contribution in [1.82, 2.24) is 0 Å². The minimum absolute atomic E-state index is 0. The van der Waals surface area contributed by atoms with E-state index in [0.717, 1.165) is 6.42 Å². The van der Waals surface area contributed by atoms with Crippen LogP contribution in [-0.4, -0.2) is 5.78 Å². The molecule has 0 radical (unpaired) electrons. The van der Waals surface area contributed by atoms with Crippen LogP contribution in [0.25, 0.3) is 0 Å². The van der Waals surface area contributed by atoms with Crippen LogP contribution in [0.3, 0.4) is 0 Å². The van der Waals surface area contributed by atoms with Crippen LogP contribution in [0.4, 0.5) is 0 Å². The zero-order valence-corrected chi connectivity index (χ0v) is 9.35. The third-order valence-corrected chi connectivity index (χ3v) is 1.42. The van der Waals surface area contributed by atoms with E-state index in [9.17, 15) is 4.79 Å². The molecule has 0 aliphatic rings. The van der Waals surface area contributed by atoms with Gasteiger partial charge in [-0.25, -0.2) is 0 Å². The van der Waals surface area contributed by atoms with E-state index in [-0.39, 0.29) is 42.7 Å². The third-order valence-electron chi connectivity index (χ3n) is 1.42. The SMILES string of the molecule is CC=CCC(C)C(C)=O.[H-].[Na+]. The number of carbonyl (C=O) groups is 1. The minimum Gasteiger partial charge on any atom is -1.00 e. The van der Waals surface area contributed by atoms with Gasteiger partial charge in [-0.15, -0.1) is 0 Å². The van der Waals surface area contributed by atoms with Crippen LogP contribution in [0.15, 0.2) is 12.2 Å². The maximum atomic E-state index is 10.6. The molecule has 2 heteroatoms. The Morgan fingerprint density at radius 1 is 1.70 bits per heavy atom. The number of allylic oxidation sites excluding steroid dienone is 2. The van der Waals surface area contributed by atoms with E-state index in [1.807, 2.05) is 26.0 Å². The molecule has 0 fully saturated rings. The second kappa shape index (κ2) is 7.52. The molecule has 0 saturated carbocycles. The van der Waals surface area contributed by atoms with E-state index >= 15 is 0 Å². The number of hydrogen-bond donors (Lipinski definition) is 0. The van der Waals surface area contributed by atoms with Gasteiger partial charge in [0.15, 0.2) is 0 Å². The summed E-state index contributed by atoms with van der Waals surface area (Å²) in [6.45, 7) is 5.54. The number of carbonyl (C=O) groups excluding carboxylic acids is 1. The fraction of sp³-hybridized carbons (Fsp3) is 0.625.